The zero-order chi connectivity index (χ0) is 19.9. The van der Waals surface area contributed by atoms with Crippen LogP contribution < -0.4 is 10.1 Å². The van der Waals surface area contributed by atoms with Gasteiger partial charge in [0.2, 0.25) is 0 Å². The number of benzene rings is 2. The lowest BCUT2D eigenvalue weighted by Gasteiger charge is -2.08. The highest BCUT2D eigenvalue weighted by molar-refractivity contribution is 5.95. The van der Waals surface area contributed by atoms with Gasteiger partial charge < -0.3 is 10.1 Å². The van der Waals surface area contributed by atoms with E-state index in [2.05, 4.69) is 15.3 Å². The Morgan fingerprint density at radius 1 is 0.828 bits per heavy atom. The van der Waals surface area contributed by atoms with Gasteiger partial charge in [-0.25, -0.2) is 0 Å². The van der Waals surface area contributed by atoms with E-state index in [1.807, 2.05) is 78.9 Å². The molecule has 0 aliphatic carbocycles. The van der Waals surface area contributed by atoms with E-state index in [1.165, 1.54) is 0 Å². The summed E-state index contributed by atoms with van der Waals surface area (Å²) in [5, 5.41) is 2.87. The van der Waals surface area contributed by atoms with Crippen molar-refractivity contribution >= 4 is 5.91 Å². The van der Waals surface area contributed by atoms with Gasteiger partial charge >= 0.3 is 0 Å². The average molecular weight is 381 g/mol. The number of nitrogens with one attached hydrogen (secondary N) is 1. The first kappa shape index (κ1) is 18.4. The normalized spacial score (nSPS) is 10.3. The summed E-state index contributed by atoms with van der Waals surface area (Å²) >= 11 is 0. The summed E-state index contributed by atoms with van der Waals surface area (Å²) in [7, 11) is 0. The Kier molecular flexibility index (Phi) is 5.58. The number of carbonyl (C=O) groups is 1. The molecule has 4 aromatic rings. The molecule has 2 aromatic heterocycles. The van der Waals surface area contributed by atoms with E-state index in [0.29, 0.717) is 12.1 Å². The van der Waals surface area contributed by atoms with Crippen LogP contribution in [-0.2, 0) is 6.54 Å². The molecular formula is C24H19N3O2. The monoisotopic (exact) mass is 381 g/mol. The standard InChI is InChI=1S/C24H19N3O2/c28-24(27-17-21-6-4-5-13-26-21)20-14-19(15-25-16-20)18-9-11-23(12-10-18)29-22-7-2-1-3-8-22/h1-16H,17H2,(H,27,28). The maximum Gasteiger partial charge on any atom is 0.253 e. The minimum Gasteiger partial charge on any atom is -0.457 e. The van der Waals surface area contributed by atoms with Gasteiger partial charge in [-0.05, 0) is 48.0 Å². The lowest BCUT2D eigenvalue weighted by Crippen LogP contribution is -2.23. The molecule has 0 saturated carbocycles. The lowest BCUT2D eigenvalue weighted by atomic mass is 10.1. The molecule has 29 heavy (non-hydrogen) atoms. The number of ether oxygens (including phenoxy) is 1. The maximum absolute atomic E-state index is 12.5. The molecule has 0 atom stereocenters. The van der Waals surface area contributed by atoms with Gasteiger partial charge in [0.1, 0.15) is 11.5 Å². The summed E-state index contributed by atoms with van der Waals surface area (Å²) in [6, 6.07) is 24.7. The zero-order valence-electron chi connectivity index (χ0n) is 15.7. The van der Waals surface area contributed by atoms with Crippen molar-refractivity contribution in [3.8, 4) is 22.6 Å². The molecule has 4 rings (SSSR count). The molecule has 0 unspecified atom stereocenters. The van der Waals surface area contributed by atoms with Gasteiger partial charge in [-0.1, -0.05) is 36.4 Å². The number of hydrogen-bond donors (Lipinski definition) is 1. The number of pyridine rings is 2. The molecule has 0 radical (unpaired) electrons. The van der Waals surface area contributed by atoms with Crippen molar-refractivity contribution < 1.29 is 9.53 Å². The van der Waals surface area contributed by atoms with Gasteiger partial charge in [0.05, 0.1) is 17.8 Å². The third-order valence-electron chi connectivity index (χ3n) is 4.32. The Morgan fingerprint density at radius 2 is 1.59 bits per heavy atom. The van der Waals surface area contributed by atoms with E-state index in [1.54, 1.807) is 18.6 Å². The van der Waals surface area contributed by atoms with Crippen molar-refractivity contribution in [2.45, 2.75) is 6.54 Å². The first-order chi connectivity index (χ1) is 14.3. The van der Waals surface area contributed by atoms with Gasteiger partial charge in [0, 0.05) is 24.2 Å². The highest BCUT2D eigenvalue weighted by atomic mass is 16.5. The third-order valence-corrected chi connectivity index (χ3v) is 4.32. The van der Waals surface area contributed by atoms with Crippen molar-refractivity contribution in [1.82, 2.24) is 15.3 Å². The summed E-state index contributed by atoms with van der Waals surface area (Å²) in [5.74, 6) is 1.35. The summed E-state index contributed by atoms with van der Waals surface area (Å²) in [4.78, 5) is 20.9. The maximum atomic E-state index is 12.5. The highest BCUT2D eigenvalue weighted by Gasteiger charge is 2.08. The molecule has 1 N–H and O–H groups in total. The zero-order valence-corrected chi connectivity index (χ0v) is 15.7. The van der Waals surface area contributed by atoms with Gasteiger partial charge in [-0.15, -0.1) is 0 Å². The van der Waals surface area contributed by atoms with E-state index in [-0.39, 0.29) is 5.91 Å². The molecule has 5 heteroatoms. The second kappa shape index (κ2) is 8.80. The fourth-order valence-electron chi connectivity index (χ4n) is 2.84. The van der Waals surface area contributed by atoms with Crippen LogP contribution in [-0.4, -0.2) is 15.9 Å². The average Bonchev–Trinajstić information content (AvgIpc) is 2.79. The predicted molar refractivity (Wildman–Crippen MR) is 112 cm³/mol. The van der Waals surface area contributed by atoms with Crippen molar-refractivity contribution in [3.63, 3.8) is 0 Å². The molecule has 0 aliphatic rings. The van der Waals surface area contributed by atoms with Crippen LogP contribution in [0, 0.1) is 0 Å². The van der Waals surface area contributed by atoms with Crippen molar-refractivity contribution in [2.75, 3.05) is 0 Å². The summed E-state index contributed by atoms with van der Waals surface area (Å²) in [6.45, 7) is 0.370. The van der Waals surface area contributed by atoms with Gasteiger partial charge in [-0.3, -0.25) is 14.8 Å². The van der Waals surface area contributed by atoms with E-state index in [4.69, 9.17) is 4.74 Å². The fourth-order valence-corrected chi connectivity index (χ4v) is 2.84. The summed E-state index contributed by atoms with van der Waals surface area (Å²) in [6.07, 6.45) is 5.00. The van der Waals surface area contributed by atoms with E-state index in [9.17, 15) is 4.79 Å². The second-order valence-corrected chi connectivity index (χ2v) is 6.41. The van der Waals surface area contributed by atoms with Crippen LogP contribution in [0.2, 0.25) is 0 Å². The summed E-state index contributed by atoms with van der Waals surface area (Å²) in [5.41, 5.74) is 3.13. The number of amides is 1. The van der Waals surface area contributed by atoms with E-state index >= 15 is 0 Å². The first-order valence-electron chi connectivity index (χ1n) is 9.24. The van der Waals surface area contributed by atoms with Crippen LogP contribution in [0.15, 0.2) is 97.5 Å². The fraction of sp³-hybridized carbons (Fsp3) is 0.0417. The Morgan fingerprint density at radius 3 is 2.34 bits per heavy atom. The Bertz CT molecular complexity index is 1080. The molecule has 2 aromatic carbocycles. The molecule has 0 fully saturated rings. The smallest absolute Gasteiger partial charge is 0.253 e. The Balaban J connectivity index is 1.44. The molecule has 0 spiro atoms. The minimum absolute atomic E-state index is 0.186. The number of nitrogens with zero attached hydrogens (tertiary/aromatic N) is 2. The Labute approximate surface area is 169 Å². The van der Waals surface area contributed by atoms with Crippen molar-refractivity contribution in [2.24, 2.45) is 0 Å². The van der Waals surface area contributed by atoms with Crippen molar-refractivity contribution in [1.29, 1.82) is 0 Å². The third kappa shape index (κ3) is 4.84. The number of rotatable bonds is 6. The number of hydrogen-bond acceptors (Lipinski definition) is 4. The Hall–Kier alpha value is -3.99. The van der Waals surface area contributed by atoms with Crippen LogP contribution in [0.1, 0.15) is 16.1 Å². The van der Waals surface area contributed by atoms with E-state index in [0.717, 1.165) is 28.3 Å². The molecular weight excluding hydrogens is 362 g/mol. The van der Waals surface area contributed by atoms with Gasteiger partial charge in [-0.2, -0.15) is 0 Å². The second-order valence-electron chi connectivity index (χ2n) is 6.41. The number of carbonyl (C=O) groups excluding carboxylic acids is 1. The number of aromatic nitrogens is 2. The van der Waals surface area contributed by atoms with Crippen LogP contribution in [0.5, 0.6) is 11.5 Å². The predicted octanol–water partition coefficient (Wildman–Crippen LogP) is 4.87. The van der Waals surface area contributed by atoms with Crippen molar-refractivity contribution in [3.05, 3.63) is 109 Å². The molecule has 1 amide bonds. The summed E-state index contributed by atoms with van der Waals surface area (Å²) < 4.78 is 5.82. The highest BCUT2D eigenvalue weighted by Crippen LogP contribution is 2.25. The van der Waals surface area contributed by atoms with Crippen LogP contribution in [0.3, 0.4) is 0 Å². The lowest BCUT2D eigenvalue weighted by molar-refractivity contribution is 0.0950. The van der Waals surface area contributed by atoms with Crippen LogP contribution in [0.25, 0.3) is 11.1 Å². The first-order valence-corrected chi connectivity index (χ1v) is 9.24. The molecule has 0 aliphatic heterocycles. The van der Waals surface area contributed by atoms with Gasteiger partial charge in [0.15, 0.2) is 0 Å². The molecule has 0 saturated heterocycles. The molecule has 0 bridgehead atoms. The largest absolute Gasteiger partial charge is 0.457 e. The topological polar surface area (TPSA) is 64.1 Å². The van der Waals surface area contributed by atoms with Crippen LogP contribution in [0.4, 0.5) is 0 Å². The quantitative estimate of drug-likeness (QED) is 0.518. The molecule has 5 nitrogen and oxygen atoms in total. The molecule has 2 heterocycles. The van der Waals surface area contributed by atoms with Gasteiger partial charge in [0.25, 0.3) is 5.91 Å². The SMILES string of the molecule is O=C(NCc1ccccn1)c1cncc(-c2ccc(Oc3ccccc3)cc2)c1. The minimum atomic E-state index is -0.186. The number of para-hydroxylation sites is 1. The van der Waals surface area contributed by atoms with E-state index < -0.39 is 0 Å². The molecule has 142 valence electrons. The van der Waals surface area contributed by atoms with Crippen LogP contribution >= 0.6 is 0 Å².